The molecule has 0 radical (unpaired) electrons. The Balaban J connectivity index is 2.56. The number of carbonyl (C=O) groups is 1. The first-order valence-electron chi connectivity index (χ1n) is 7.45. The van der Waals surface area contributed by atoms with Crippen LogP contribution in [0, 0.1) is 10.1 Å². The van der Waals surface area contributed by atoms with Crippen molar-refractivity contribution in [3.63, 3.8) is 0 Å². The normalized spacial score (nSPS) is 10.9. The van der Waals surface area contributed by atoms with Gasteiger partial charge in [-0.3, -0.25) is 19.2 Å². The van der Waals surface area contributed by atoms with Gasteiger partial charge in [0.25, 0.3) is 15.7 Å². The fraction of sp³-hybridized carbons (Fsp3) is 0.188. The van der Waals surface area contributed by atoms with E-state index >= 15 is 0 Å². The molecule has 9 heteroatoms. The van der Waals surface area contributed by atoms with E-state index in [-0.39, 0.29) is 5.69 Å². The predicted octanol–water partition coefficient (Wildman–Crippen LogP) is 1.93. The molecule has 2 rings (SSSR count). The molecule has 132 valence electrons. The fourth-order valence-corrected chi connectivity index (χ4v) is 3.82. The van der Waals surface area contributed by atoms with Crippen LogP contribution >= 0.6 is 0 Å². The van der Waals surface area contributed by atoms with E-state index in [0.717, 1.165) is 16.4 Å². The summed E-state index contributed by atoms with van der Waals surface area (Å²) >= 11 is 0. The van der Waals surface area contributed by atoms with Crippen LogP contribution in [0.4, 0.5) is 11.4 Å². The first-order chi connectivity index (χ1) is 11.9. The average Bonchev–Trinajstić information content (AvgIpc) is 2.60. The zero-order valence-electron chi connectivity index (χ0n) is 13.5. The topological polar surface area (TPSA) is 110 Å². The van der Waals surface area contributed by atoms with Crippen LogP contribution in [0.3, 0.4) is 0 Å². The summed E-state index contributed by atoms with van der Waals surface area (Å²) in [6.45, 7) is 1.57. The van der Waals surface area contributed by atoms with Crippen LogP contribution in [0.1, 0.15) is 6.92 Å². The molecule has 0 heterocycles. The summed E-state index contributed by atoms with van der Waals surface area (Å²) in [7, 11) is -4.31. The highest BCUT2D eigenvalue weighted by Crippen LogP contribution is 2.29. The van der Waals surface area contributed by atoms with Crippen molar-refractivity contribution in [2.24, 2.45) is 0 Å². The van der Waals surface area contributed by atoms with Gasteiger partial charge in [0.1, 0.15) is 6.54 Å². The summed E-state index contributed by atoms with van der Waals surface area (Å²) in [5.41, 5.74) is -0.300. The molecular weight excluding hydrogens is 346 g/mol. The van der Waals surface area contributed by atoms with Crippen LogP contribution in [0.15, 0.2) is 59.5 Å². The van der Waals surface area contributed by atoms with E-state index in [0.29, 0.717) is 6.54 Å². The molecule has 0 unspecified atom stereocenters. The first kappa shape index (κ1) is 18.4. The van der Waals surface area contributed by atoms with E-state index in [1.807, 2.05) is 0 Å². The minimum Gasteiger partial charge on any atom is -0.355 e. The molecule has 0 fully saturated rings. The van der Waals surface area contributed by atoms with Gasteiger partial charge in [0.05, 0.1) is 10.6 Å². The number of hydrogen-bond donors (Lipinski definition) is 1. The van der Waals surface area contributed by atoms with Crippen LogP contribution < -0.4 is 9.62 Å². The second-order valence-electron chi connectivity index (χ2n) is 5.03. The molecule has 8 nitrogen and oxygen atoms in total. The van der Waals surface area contributed by atoms with Gasteiger partial charge in [-0.15, -0.1) is 0 Å². The summed E-state index contributed by atoms with van der Waals surface area (Å²) in [6.07, 6.45) is 0. The van der Waals surface area contributed by atoms with E-state index in [4.69, 9.17) is 0 Å². The smallest absolute Gasteiger partial charge is 0.289 e. The third-order valence-corrected chi connectivity index (χ3v) is 5.16. The summed E-state index contributed by atoms with van der Waals surface area (Å²) < 4.78 is 26.9. The molecule has 2 aromatic carbocycles. The Labute approximate surface area is 145 Å². The second kappa shape index (κ2) is 7.75. The summed E-state index contributed by atoms with van der Waals surface area (Å²) in [6, 6.07) is 13.0. The van der Waals surface area contributed by atoms with Crippen molar-refractivity contribution >= 4 is 27.3 Å². The molecule has 0 aliphatic carbocycles. The van der Waals surface area contributed by atoms with Crippen LogP contribution in [-0.4, -0.2) is 32.3 Å². The van der Waals surface area contributed by atoms with Gasteiger partial charge in [0, 0.05) is 12.6 Å². The number of sulfonamides is 1. The SMILES string of the molecule is CCNC(=O)CN(c1ccccc1)S(=O)(=O)c1ccccc1[N+](=O)[O-]. The molecule has 0 aliphatic heterocycles. The minimum atomic E-state index is -4.31. The average molecular weight is 363 g/mol. The quantitative estimate of drug-likeness (QED) is 0.597. The molecule has 0 saturated heterocycles. The third kappa shape index (κ3) is 4.13. The zero-order chi connectivity index (χ0) is 18.4. The lowest BCUT2D eigenvalue weighted by atomic mass is 10.3. The number of amides is 1. The Morgan fingerprint density at radius 3 is 2.32 bits per heavy atom. The number of para-hydroxylation sites is 2. The highest BCUT2D eigenvalue weighted by molar-refractivity contribution is 7.93. The fourth-order valence-electron chi connectivity index (χ4n) is 2.24. The first-order valence-corrected chi connectivity index (χ1v) is 8.90. The number of nitrogens with one attached hydrogen (secondary N) is 1. The lowest BCUT2D eigenvalue weighted by Crippen LogP contribution is -2.41. The van der Waals surface area contributed by atoms with Gasteiger partial charge in [0.2, 0.25) is 5.91 Å². The Morgan fingerprint density at radius 1 is 1.12 bits per heavy atom. The van der Waals surface area contributed by atoms with Crippen LogP contribution in [0.2, 0.25) is 0 Å². The third-order valence-electron chi connectivity index (χ3n) is 3.34. The van der Waals surface area contributed by atoms with Crippen LogP contribution in [0.25, 0.3) is 0 Å². The van der Waals surface area contributed by atoms with Gasteiger partial charge < -0.3 is 5.32 Å². The number of rotatable bonds is 7. The molecule has 2 aromatic rings. The van der Waals surface area contributed by atoms with E-state index in [2.05, 4.69) is 5.32 Å². The van der Waals surface area contributed by atoms with Crippen molar-refractivity contribution in [1.29, 1.82) is 0 Å². The van der Waals surface area contributed by atoms with Gasteiger partial charge in [0.15, 0.2) is 4.90 Å². The Bertz CT molecular complexity index is 868. The molecule has 1 amide bonds. The zero-order valence-corrected chi connectivity index (χ0v) is 14.3. The van der Waals surface area contributed by atoms with Crippen molar-refractivity contribution in [3.8, 4) is 0 Å². The summed E-state index contributed by atoms with van der Waals surface area (Å²) in [5, 5.41) is 13.7. The van der Waals surface area contributed by atoms with Crippen LogP contribution in [0.5, 0.6) is 0 Å². The molecule has 0 saturated carbocycles. The van der Waals surface area contributed by atoms with Crippen LogP contribution in [-0.2, 0) is 14.8 Å². The van der Waals surface area contributed by atoms with Crippen molar-refractivity contribution in [2.75, 3.05) is 17.4 Å². The van der Waals surface area contributed by atoms with Gasteiger partial charge in [-0.1, -0.05) is 30.3 Å². The largest absolute Gasteiger partial charge is 0.355 e. The van der Waals surface area contributed by atoms with Crippen molar-refractivity contribution < 1.29 is 18.1 Å². The number of likely N-dealkylation sites (N-methyl/N-ethyl adjacent to an activating group) is 1. The molecule has 0 atom stereocenters. The van der Waals surface area contributed by atoms with E-state index < -0.39 is 38.0 Å². The monoisotopic (exact) mass is 363 g/mol. The molecule has 0 aromatic heterocycles. The Kier molecular flexibility index (Phi) is 5.71. The number of benzene rings is 2. The van der Waals surface area contributed by atoms with Gasteiger partial charge in [-0.05, 0) is 25.1 Å². The summed E-state index contributed by atoms with van der Waals surface area (Å²) in [4.78, 5) is 21.9. The lowest BCUT2D eigenvalue weighted by Gasteiger charge is -2.23. The highest BCUT2D eigenvalue weighted by atomic mass is 32.2. The Hall–Kier alpha value is -2.94. The molecule has 0 spiro atoms. The van der Waals surface area contributed by atoms with Gasteiger partial charge in [-0.25, -0.2) is 8.42 Å². The predicted molar refractivity (Wildman–Crippen MR) is 92.8 cm³/mol. The molecule has 25 heavy (non-hydrogen) atoms. The van der Waals surface area contributed by atoms with Crippen molar-refractivity contribution in [3.05, 3.63) is 64.7 Å². The maximum Gasteiger partial charge on any atom is 0.289 e. The van der Waals surface area contributed by atoms with Crippen molar-refractivity contribution in [1.82, 2.24) is 5.32 Å². The van der Waals surface area contributed by atoms with E-state index in [9.17, 15) is 23.3 Å². The van der Waals surface area contributed by atoms with Gasteiger partial charge >= 0.3 is 0 Å². The molecule has 0 aliphatic rings. The molecule has 0 bridgehead atoms. The number of carbonyl (C=O) groups excluding carboxylic acids is 1. The summed E-state index contributed by atoms with van der Waals surface area (Å²) in [5.74, 6) is -0.506. The van der Waals surface area contributed by atoms with Gasteiger partial charge in [-0.2, -0.15) is 0 Å². The maximum absolute atomic E-state index is 13.0. The Morgan fingerprint density at radius 2 is 1.72 bits per heavy atom. The maximum atomic E-state index is 13.0. The number of hydrogen-bond acceptors (Lipinski definition) is 5. The number of nitrogens with zero attached hydrogens (tertiary/aromatic N) is 2. The highest BCUT2D eigenvalue weighted by Gasteiger charge is 2.32. The standard InChI is InChI=1S/C16H17N3O5S/c1-2-17-16(20)12-18(13-8-4-3-5-9-13)25(23,24)15-11-7-6-10-14(15)19(21)22/h3-11H,2,12H2,1H3,(H,17,20). The van der Waals surface area contributed by atoms with Crippen molar-refractivity contribution in [2.45, 2.75) is 11.8 Å². The molecular formula is C16H17N3O5S. The number of nitro groups is 1. The number of nitro benzene ring substituents is 1. The lowest BCUT2D eigenvalue weighted by molar-refractivity contribution is -0.387. The van der Waals surface area contributed by atoms with E-state index in [1.54, 1.807) is 25.1 Å². The number of anilines is 1. The molecule has 1 N–H and O–H groups in total. The second-order valence-corrected chi connectivity index (χ2v) is 6.86. The van der Waals surface area contributed by atoms with E-state index in [1.165, 1.54) is 24.3 Å². The minimum absolute atomic E-state index is 0.243.